The minimum absolute atomic E-state index is 0. The third-order valence-electron chi connectivity index (χ3n) is 3.30. The molecule has 2 heterocycles. The molecule has 0 saturated heterocycles. The first-order valence-electron chi connectivity index (χ1n) is 6.14. The van der Waals surface area contributed by atoms with Crippen molar-refractivity contribution in [2.75, 3.05) is 16.7 Å². The van der Waals surface area contributed by atoms with E-state index in [1.165, 1.54) is 16.1 Å². The van der Waals surface area contributed by atoms with Crippen LogP contribution in [0.4, 0.5) is 16.5 Å². The molecule has 1 aliphatic rings. The van der Waals surface area contributed by atoms with Crippen molar-refractivity contribution >= 4 is 45.6 Å². The Kier molecular flexibility index (Phi) is 3.54. The molecule has 4 rings (SSSR count). The van der Waals surface area contributed by atoms with Gasteiger partial charge in [0.05, 0.1) is 15.9 Å². The van der Waals surface area contributed by atoms with Gasteiger partial charge in [0.1, 0.15) is 0 Å². The Bertz CT molecular complexity index is 728. The Morgan fingerprint density at radius 1 is 1.00 bits per heavy atom. The van der Waals surface area contributed by atoms with E-state index in [9.17, 15) is 0 Å². The van der Waals surface area contributed by atoms with Crippen LogP contribution in [0.25, 0.3) is 10.2 Å². The summed E-state index contributed by atoms with van der Waals surface area (Å²) in [6.45, 7) is 0. The van der Waals surface area contributed by atoms with E-state index < -0.39 is 0 Å². The van der Waals surface area contributed by atoms with Gasteiger partial charge in [-0.1, -0.05) is 35.6 Å². The van der Waals surface area contributed by atoms with Gasteiger partial charge in [0.2, 0.25) is 0 Å². The molecule has 0 fully saturated rings. The number of aromatic nitrogens is 1. The van der Waals surface area contributed by atoms with Gasteiger partial charge in [-0.05, 0) is 31.3 Å². The molecule has 3 nitrogen and oxygen atoms in total. The van der Waals surface area contributed by atoms with E-state index in [0.717, 1.165) is 10.6 Å². The minimum atomic E-state index is 0. The van der Waals surface area contributed by atoms with Gasteiger partial charge >= 0.3 is 7.55 Å². The van der Waals surface area contributed by atoms with Crippen LogP contribution in [0.2, 0.25) is 0 Å². The molecule has 0 atom stereocenters. The molecule has 0 amide bonds. The fraction of sp³-hybridized carbons (Fsp3) is 0.0714. The number of hydrogen-bond acceptors (Lipinski definition) is 4. The van der Waals surface area contributed by atoms with E-state index in [1.807, 2.05) is 6.07 Å². The summed E-state index contributed by atoms with van der Waals surface area (Å²) >= 11 is 1.72. The third-order valence-corrected chi connectivity index (χ3v) is 4.33. The Morgan fingerprint density at radius 2 is 1.70 bits per heavy atom. The van der Waals surface area contributed by atoms with Gasteiger partial charge in [-0.25, -0.2) is 4.98 Å². The van der Waals surface area contributed by atoms with Gasteiger partial charge in [-0.2, -0.15) is 0 Å². The van der Waals surface area contributed by atoms with Crippen LogP contribution in [-0.4, -0.2) is 19.6 Å². The minimum Gasteiger partial charge on any atom is -0.400 e. The van der Waals surface area contributed by atoms with Crippen LogP contribution in [0.15, 0.2) is 48.5 Å². The number of fused-ring (bicyclic) bond motifs is 2. The van der Waals surface area contributed by atoms with E-state index in [4.69, 9.17) is 4.98 Å². The number of benzene rings is 2. The second kappa shape index (κ2) is 5.21. The molecule has 3 aromatic rings. The average molecular weight is 456 g/mol. The molecule has 0 N–H and O–H groups in total. The summed E-state index contributed by atoms with van der Waals surface area (Å²) < 4.78 is 1.22. The molecule has 1 aliphatic heterocycles. The third kappa shape index (κ3) is 2.04. The van der Waals surface area contributed by atoms with Gasteiger partial charge < -0.3 is 9.62 Å². The molecule has 20 heavy (non-hydrogen) atoms. The molecule has 1 aromatic heterocycles. The van der Waals surface area contributed by atoms with Crippen LogP contribution >= 0.6 is 11.3 Å². The average Bonchev–Trinajstić information content (AvgIpc) is 3.01. The Morgan fingerprint density at radius 3 is 2.50 bits per heavy atom. The van der Waals surface area contributed by atoms with Crippen molar-refractivity contribution in [2.24, 2.45) is 0 Å². The van der Waals surface area contributed by atoms with Gasteiger partial charge in [-0.15, -0.1) is 0 Å². The van der Waals surface area contributed by atoms with Crippen LogP contribution in [0.3, 0.4) is 0 Å². The number of anilines is 3. The number of nitrogens with zero attached hydrogens (tertiary/aromatic N) is 3. The zero-order chi connectivity index (χ0) is 12.8. The Hall–Kier alpha value is -1.36. The van der Waals surface area contributed by atoms with Gasteiger partial charge in [-0.3, -0.25) is 0 Å². The van der Waals surface area contributed by atoms with Crippen LogP contribution in [0.5, 0.6) is 0 Å². The fourth-order valence-corrected chi connectivity index (χ4v) is 3.33. The zero-order valence-electron chi connectivity index (χ0n) is 10.8. The number of hydrogen-bond donors (Lipinski definition) is 0. The molecular weight excluding hydrogens is 445 g/mol. The standard InChI is InChI=1S/C14H11BN3S.Ir/c1-17-11-7-3-4-8-12(11)18(15-17)14-16-10-6-2-5-9-13(10)19-14;/h2-9H,1H3;. The topological polar surface area (TPSA) is 19.4 Å². The van der Waals surface area contributed by atoms with Crippen molar-refractivity contribution in [3.05, 3.63) is 48.5 Å². The maximum absolute atomic E-state index is 4.71. The van der Waals surface area contributed by atoms with Crippen molar-refractivity contribution in [2.45, 2.75) is 0 Å². The summed E-state index contributed by atoms with van der Waals surface area (Å²) in [5, 5.41) is 1.01. The summed E-state index contributed by atoms with van der Waals surface area (Å²) in [4.78, 5) is 8.99. The second-order valence-electron chi connectivity index (χ2n) is 4.55. The molecule has 6 heteroatoms. The fourth-order valence-electron chi connectivity index (χ4n) is 2.38. The molecule has 0 spiro atoms. The van der Waals surface area contributed by atoms with Crippen molar-refractivity contribution in [1.82, 2.24) is 4.98 Å². The monoisotopic (exact) mass is 457 g/mol. The first-order chi connectivity index (χ1) is 9.33. The van der Waals surface area contributed by atoms with E-state index in [-0.39, 0.29) is 20.1 Å². The van der Waals surface area contributed by atoms with Gasteiger partial charge in [0.25, 0.3) is 0 Å². The number of para-hydroxylation sites is 3. The van der Waals surface area contributed by atoms with E-state index in [2.05, 4.69) is 66.7 Å². The van der Waals surface area contributed by atoms with Crippen LogP contribution in [0.1, 0.15) is 0 Å². The van der Waals surface area contributed by atoms with E-state index in [0.29, 0.717) is 0 Å². The van der Waals surface area contributed by atoms with Crippen LogP contribution in [-0.2, 0) is 20.1 Å². The van der Waals surface area contributed by atoms with Gasteiger partial charge in [0, 0.05) is 25.8 Å². The largest absolute Gasteiger partial charge is 0.400 e. The normalized spacial score (nSPS) is 13.1. The summed E-state index contributed by atoms with van der Waals surface area (Å²) in [6.07, 6.45) is 0. The first kappa shape index (κ1) is 13.6. The molecule has 0 unspecified atom stereocenters. The van der Waals surface area contributed by atoms with Crippen LogP contribution in [0, 0.1) is 0 Å². The maximum Gasteiger partial charge on any atom is 0.398 e. The molecule has 0 bridgehead atoms. The van der Waals surface area contributed by atoms with Crippen molar-refractivity contribution in [1.29, 1.82) is 0 Å². The van der Waals surface area contributed by atoms with E-state index >= 15 is 0 Å². The molecule has 2 aromatic carbocycles. The van der Waals surface area contributed by atoms with Crippen LogP contribution < -0.4 is 9.62 Å². The van der Waals surface area contributed by atoms with Crippen molar-refractivity contribution in [3.63, 3.8) is 0 Å². The predicted molar refractivity (Wildman–Crippen MR) is 82.4 cm³/mol. The smallest absolute Gasteiger partial charge is 0.398 e. The molecular formula is C14H11BIrN3S. The Labute approximate surface area is 135 Å². The number of rotatable bonds is 1. The summed E-state index contributed by atoms with van der Waals surface area (Å²) in [7, 11) is 4.15. The second-order valence-corrected chi connectivity index (χ2v) is 5.56. The quantitative estimate of drug-likeness (QED) is 0.524. The zero-order valence-corrected chi connectivity index (χ0v) is 14.0. The number of thiazole rings is 1. The maximum atomic E-state index is 4.71. The predicted octanol–water partition coefficient (Wildman–Crippen LogP) is 3.42. The molecule has 0 saturated carbocycles. The molecule has 100 valence electrons. The van der Waals surface area contributed by atoms with Crippen molar-refractivity contribution < 1.29 is 20.1 Å². The molecule has 0 aliphatic carbocycles. The first-order valence-corrected chi connectivity index (χ1v) is 6.96. The van der Waals surface area contributed by atoms with Gasteiger partial charge in [0.15, 0.2) is 5.13 Å². The summed E-state index contributed by atoms with van der Waals surface area (Å²) in [6, 6.07) is 16.6. The summed E-state index contributed by atoms with van der Waals surface area (Å²) in [5.74, 6) is 0. The summed E-state index contributed by atoms with van der Waals surface area (Å²) in [5.41, 5.74) is 3.45. The Balaban J connectivity index is 0.00000121. The van der Waals surface area contributed by atoms with E-state index in [1.54, 1.807) is 11.3 Å². The SMILES string of the molecule is CN1[B]N(c2nc3ccccc3s2)c2ccccc21.[Ir]. The van der Waals surface area contributed by atoms with Crippen molar-refractivity contribution in [3.8, 4) is 0 Å². The molecule has 2 radical (unpaired) electrons.